The summed E-state index contributed by atoms with van der Waals surface area (Å²) in [6, 6.07) is 6.38. The van der Waals surface area contributed by atoms with E-state index in [9.17, 15) is 0 Å². The van der Waals surface area contributed by atoms with Crippen LogP contribution >= 0.6 is 11.6 Å². The van der Waals surface area contributed by atoms with Crippen molar-refractivity contribution in [1.29, 1.82) is 0 Å². The van der Waals surface area contributed by atoms with Crippen LogP contribution in [0.2, 0.25) is 5.02 Å². The number of halogens is 1. The molecule has 1 spiro atoms. The smallest absolute Gasteiger partial charge is 0.125 e. The Balaban J connectivity index is 1.92. The van der Waals surface area contributed by atoms with Crippen molar-refractivity contribution in [3.63, 3.8) is 0 Å². The summed E-state index contributed by atoms with van der Waals surface area (Å²) >= 11 is 6.14. The van der Waals surface area contributed by atoms with Crippen LogP contribution in [0.5, 0.6) is 5.75 Å². The molecule has 3 unspecified atom stereocenters. The van der Waals surface area contributed by atoms with Gasteiger partial charge in [0.2, 0.25) is 0 Å². The van der Waals surface area contributed by atoms with Crippen LogP contribution in [0, 0.1) is 5.92 Å². The van der Waals surface area contributed by atoms with Gasteiger partial charge in [-0.05, 0) is 50.4 Å². The van der Waals surface area contributed by atoms with Gasteiger partial charge in [-0.15, -0.1) is 0 Å². The third kappa shape index (κ3) is 2.56. The second-order valence-electron chi connectivity index (χ2n) is 6.38. The van der Waals surface area contributed by atoms with E-state index in [0.717, 1.165) is 23.1 Å². The van der Waals surface area contributed by atoms with Crippen molar-refractivity contribution >= 4 is 11.6 Å². The standard InChI is InChI=1S/C17H24ClNO/c1-3-12-5-4-8-17(10-12)11-15(19-2)14-9-13(18)6-7-16(14)20-17/h6-7,9,12,15,19H,3-5,8,10-11H2,1-2H3. The Bertz CT molecular complexity index is 490. The van der Waals surface area contributed by atoms with Gasteiger partial charge in [0.05, 0.1) is 0 Å². The second-order valence-corrected chi connectivity index (χ2v) is 6.82. The second kappa shape index (κ2) is 5.57. The van der Waals surface area contributed by atoms with Gasteiger partial charge in [0.15, 0.2) is 0 Å². The summed E-state index contributed by atoms with van der Waals surface area (Å²) in [5.74, 6) is 1.84. The van der Waals surface area contributed by atoms with Gasteiger partial charge in [0, 0.05) is 23.0 Å². The largest absolute Gasteiger partial charge is 0.487 e. The number of hydrogen-bond donors (Lipinski definition) is 1. The molecule has 1 saturated carbocycles. The fourth-order valence-electron chi connectivity index (χ4n) is 3.97. The van der Waals surface area contributed by atoms with E-state index in [0.29, 0.717) is 6.04 Å². The molecule has 2 aliphatic rings. The molecule has 1 aromatic rings. The van der Waals surface area contributed by atoms with Crippen molar-refractivity contribution in [1.82, 2.24) is 5.32 Å². The van der Waals surface area contributed by atoms with Crippen molar-refractivity contribution in [3.8, 4) is 5.75 Å². The molecule has 20 heavy (non-hydrogen) atoms. The van der Waals surface area contributed by atoms with E-state index in [4.69, 9.17) is 16.3 Å². The highest BCUT2D eigenvalue weighted by atomic mass is 35.5. The summed E-state index contributed by atoms with van der Waals surface area (Å²) in [6.45, 7) is 2.30. The number of rotatable bonds is 2. The normalized spacial score (nSPS) is 32.8. The highest BCUT2D eigenvalue weighted by molar-refractivity contribution is 6.30. The molecule has 1 aliphatic carbocycles. The molecule has 1 heterocycles. The molecule has 0 saturated heterocycles. The minimum atomic E-state index is 0.0352. The minimum absolute atomic E-state index is 0.0352. The van der Waals surface area contributed by atoms with Gasteiger partial charge in [0.25, 0.3) is 0 Å². The van der Waals surface area contributed by atoms with Crippen molar-refractivity contribution < 1.29 is 4.74 Å². The van der Waals surface area contributed by atoms with Crippen LogP contribution in [0.4, 0.5) is 0 Å². The molecule has 3 atom stereocenters. The average molecular weight is 294 g/mol. The summed E-state index contributed by atoms with van der Waals surface area (Å²) in [5, 5.41) is 4.24. The molecular formula is C17H24ClNO. The fraction of sp³-hybridized carbons (Fsp3) is 0.647. The summed E-state index contributed by atoms with van der Waals surface area (Å²) in [5.41, 5.74) is 1.25. The van der Waals surface area contributed by atoms with Crippen LogP contribution < -0.4 is 10.1 Å². The van der Waals surface area contributed by atoms with Crippen molar-refractivity contribution in [2.24, 2.45) is 5.92 Å². The van der Waals surface area contributed by atoms with Crippen LogP contribution in [-0.2, 0) is 0 Å². The molecule has 1 aliphatic heterocycles. The van der Waals surface area contributed by atoms with Crippen LogP contribution in [-0.4, -0.2) is 12.6 Å². The first-order valence-corrected chi connectivity index (χ1v) is 8.19. The lowest BCUT2D eigenvalue weighted by Crippen LogP contribution is -2.46. The lowest BCUT2D eigenvalue weighted by atomic mass is 9.72. The maximum Gasteiger partial charge on any atom is 0.125 e. The van der Waals surface area contributed by atoms with E-state index in [1.165, 1.54) is 37.7 Å². The van der Waals surface area contributed by atoms with E-state index < -0.39 is 0 Å². The van der Waals surface area contributed by atoms with Crippen LogP contribution in [0.15, 0.2) is 18.2 Å². The van der Waals surface area contributed by atoms with E-state index in [-0.39, 0.29) is 5.60 Å². The van der Waals surface area contributed by atoms with E-state index in [1.807, 2.05) is 25.2 Å². The lowest BCUT2D eigenvalue weighted by Gasteiger charge is -2.46. The van der Waals surface area contributed by atoms with Gasteiger partial charge in [-0.25, -0.2) is 0 Å². The zero-order valence-electron chi connectivity index (χ0n) is 12.4. The summed E-state index contributed by atoms with van der Waals surface area (Å²) in [4.78, 5) is 0. The molecule has 110 valence electrons. The Morgan fingerprint density at radius 3 is 3.00 bits per heavy atom. The first-order chi connectivity index (χ1) is 9.65. The van der Waals surface area contributed by atoms with Gasteiger partial charge in [-0.3, -0.25) is 0 Å². The van der Waals surface area contributed by atoms with Crippen LogP contribution in [0.3, 0.4) is 0 Å². The van der Waals surface area contributed by atoms with E-state index in [2.05, 4.69) is 12.2 Å². The van der Waals surface area contributed by atoms with E-state index in [1.54, 1.807) is 0 Å². The Hall–Kier alpha value is -0.730. The van der Waals surface area contributed by atoms with Crippen LogP contribution in [0.25, 0.3) is 0 Å². The number of hydrogen-bond acceptors (Lipinski definition) is 2. The first-order valence-electron chi connectivity index (χ1n) is 7.81. The Morgan fingerprint density at radius 2 is 2.25 bits per heavy atom. The maximum absolute atomic E-state index is 6.48. The van der Waals surface area contributed by atoms with Gasteiger partial charge in [0.1, 0.15) is 11.4 Å². The minimum Gasteiger partial charge on any atom is -0.487 e. The number of nitrogens with one attached hydrogen (secondary N) is 1. The average Bonchev–Trinajstić information content (AvgIpc) is 2.47. The zero-order chi connectivity index (χ0) is 14.2. The third-order valence-electron chi connectivity index (χ3n) is 5.08. The molecule has 3 heteroatoms. The Kier molecular flexibility index (Phi) is 3.96. The zero-order valence-corrected chi connectivity index (χ0v) is 13.2. The van der Waals surface area contributed by atoms with E-state index >= 15 is 0 Å². The SMILES string of the molecule is CCC1CCCC2(C1)CC(NC)c1cc(Cl)ccc1O2. The molecule has 1 fully saturated rings. The fourth-order valence-corrected chi connectivity index (χ4v) is 4.15. The maximum atomic E-state index is 6.48. The molecule has 3 rings (SSSR count). The Labute approximate surface area is 126 Å². The predicted molar refractivity (Wildman–Crippen MR) is 83.5 cm³/mol. The van der Waals surface area contributed by atoms with Crippen LogP contribution in [0.1, 0.15) is 57.1 Å². The summed E-state index contributed by atoms with van der Waals surface area (Å²) in [7, 11) is 2.04. The topological polar surface area (TPSA) is 21.3 Å². The molecule has 0 radical (unpaired) electrons. The summed E-state index contributed by atoms with van der Waals surface area (Å²) < 4.78 is 6.48. The predicted octanol–water partition coefficient (Wildman–Crippen LogP) is 4.72. The van der Waals surface area contributed by atoms with Gasteiger partial charge in [-0.1, -0.05) is 31.4 Å². The highest BCUT2D eigenvalue weighted by Crippen LogP contribution is 2.48. The van der Waals surface area contributed by atoms with Crippen molar-refractivity contribution in [2.75, 3.05) is 7.05 Å². The first kappa shape index (κ1) is 14.2. The number of benzene rings is 1. The van der Waals surface area contributed by atoms with Gasteiger partial charge in [-0.2, -0.15) is 0 Å². The molecule has 0 aromatic heterocycles. The highest BCUT2D eigenvalue weighted by Gasteiger charge is 2.43. The molecule has 0 amide bonds. The molecule has 1 aromatic carbocycles. The van der Waals surface area contributed by atoms with Crippen molar-refractivity contribution in [3.05, 3.63) is 28.8 Å². The summed E-state index contributed by atoms with van der Waals surface area (Å²) in [6.07, 6.45) is 7.36. The van der Waals surface area contributed by atoms with Gasteiger partial charge < -0.3 is 10.1 Å². The monoisotopic (exact) mass is 293 g/mol. The molecular weight excluding hydrogens is 270 g/mol. The number of fused-ring (bicyclic) bond motifs is 1. The number of ether oxygens (including phenoxy) is 1. The Morgan fingerprint density at radius 1 is 1.40 bits per heavy atom. The molecule has 1 N–H and O–H groups in total. The molecule has 2 nitrogen and oxygen atoms in total. The lowest BCUT2D eigenvalue weighted by molar-refractivity contribution is -0.0207. The molecule has 0 bridgehead atoms. The van der Waals surface area contributed by atoms with Gasteiger partial charge >= 0.3 is 0 Å². The third-order valence-corrected chi connectivity index (χ3v) is 5.32. The quantitative estimate of drug-likeness (QED) is 0.852. The van der Waals surface area contributed by atoms with Crippen molar-refractivity contribution in [2.45, 2.75) is 57.1 Å².